The predicted octanol–water partition coefficient (Wildman–Crippen LogP) is 2.18. The molecule has 114 valence electrons. The molecule has 0 bridgehead atoms. The van der Waals surface area contributed by atoms with Crippen LogP contribution in [0.5, 0.6) is 0 Å². The minimum Gasteiger partial charge on any atom is -0.480 e. The smallest absolute Gasteiger partial charge is 0.328 e. The van der Waals surface area contributed by atoms with Crippen LogP contribution in [-0.2, 0) is 15.0 Å². The number of carboxylic acids is 1. The molecule has 1 aliphatic carbocycles. The lowest BCUT2D eigenvalue weighted by Gasteiger charge is -2.29. The summed E-state index contributed by atoms with van der Waals surface area (Å²) in [6.07, 6.45) is 2.58. The first-order valence-electron chi connectivity index (χ1n) is 6.85. The number of benzene rings is 1. The number of rotatable bonds is 5. The van der Waals surface area contributed by atoms with Crippen LogP contribution in [0, 0.1) is 5.82 Å². The Hall–Kier alpha value is -1.98. The number of carbonyl (C=O) groups is 2. The highest BCUT2D eigenvalue weighted by Gasteiger charge is 2.44. The monoisotopic (exact) mass is 297 g/mol. The molecule has 1 aromatic carbocycles. The van der Waals surface area contributed by atoms with Gasteiger partial charge in [-0.3, -0.25) is 4.79 Å². The summed E-state index contributed by atoms with van der Waals surface area (Å²) in [5, 5.41) is 11.1. The number of carbonyl (C=O) groups excluding carboxylic acids is 1. The van der Waals surface area contributed by atoms with Gasteiger partial charge in [-0.1, -0.05) is 25.0 Å². The molecule has 21 heavy (non-hydrogen) atoms. The Morgan fingerprint density at radius 1 is 1.33 bits per heavy atom. The zero-order valence-corrected chi connectivity index (χ0v) is 11.4. The molecular formula is C15H17F2NO3. The van der Waals surface area contributed by atoms with Crippen molar-refractivity contribution in [1.82, 2.24) is 5.32 Å². The topological polar surface area (TPSA) is 66.4 Å². The molecule has 1 aromatic rings. The van der Waals surface area contributed by atoms with Crippen LogP contribution in [0.15, 0.2) is 24.3 Å². The fraction of sp³-hybridized carbons (Fsp3) is 0.467. The fourth-order valence-electron chi connectivity index (χ4n) is 2.87. The van der Waals surface area contributed by atoms with Gasteiger partial charge in [-0.25, -0.2) is 13.6 Å². The zero-order chi connectivity index (χ0) is 15.5. The van der Waals surface area contributed by atoms with E-state index in [1.165, 1.54) is 18.2 Å². The largest absolute Gasteiger partial charge is 0.480 e. The Morgan fingerprint density at radius 3 is 2.52 bits per heavy atom. The Kier molecular flexibility index (Phi) is 4.55. The number of halogens is 2. The van der Waals surface area contributed by atoms with E-state index in [9.17, 15) is 18.4 Å². The first-order valence-corrected chi connectivity index (χ1v) is 6.85. The van der Waals surface area contributed by atoms with Crippen LogP contribution in [0.3, 0.4) is 0 Å². The van der Waals surface area contributed by atoms with Gasteiger partial charge in [0.1, 0.15) is 12.5 Å². The van der Waals surface area contributed by atoms with Crippen molar-refractivity contribution in [1.29, 1.82) is 0 Å². The molecule has 1 unspecified atom stereocenters. The van der Waals surface area contributed by atoms with Gasteiger partial charge in [0.15, 0.2) is 6.04 Å². The number of amides is 1. The average molecular weight is 297 g/mol. The third-order valence-electron chi connectivity index (χ3n) is 4.03. The lowest BCUT2D eigenvalue weighted by Crippen LogP contribution is -2.50. The number of alkyl halides is 1. The molecule has 2 rings (SSSR count). The van der Waals surface area contributed by atoms with Gasteiger partial charge in [0.05, 0.1) is 5.41 Å². The summed E-state index contributed by atoms with van der Waals surface area (Å²) in [6, 6.07) is 4.17. The van der Waals surface area contributed by atoms with E-state index in [2.05, 4.69) is 5.32 Å². The highest BCUT2D eigenvalue weighted by Crippen LogP contribution is 2.41. The molecule has 0 aliphatic heterocycles. The molecule has 0 radical (unpaired) electrons. The van der Waals surface area contributed by atoms with Gasteiger partial charge in [0.25, 0.3) is 0 Å². The van der Waals surface area contributed by atoms with E-state index in [0.29, 0.717) is 18.4 Å². The van der Waals surface area contributed by atoms with Crippen molar-refractivity contribution in [3.05, 3.63) is 35.6 Å². The summed E-state index contributed by atoms with van der Waals surface area (Å²) in [6.45, 7) is -1.18. The molecular weight excluding hydrogens is 280 g/mol. The number of carboxylic acid groups (broad SMARTS) is 1. The van der Waals surface area contributed by atoms with E-state index < -0.39 is 35.8 Å². The van der Waals surface area contributed by atoms with Crippen molar-refractivity contribution in [3.8, 4) is 0 Å². The van der Waals surface area contributed by atoms with Crippen molar-refractivity contribution in [3.63, 3.8) is 0 Å². The van der Waals surface area contributed by atoms with E-state index in [1.54, 1.807) is 6.07 Å². The summed E-state index contributed by atoms with van der Waals surface area (Å²) >= 11 is 0. The van der Waals surface area contributed by atoms with Crippen molar-refractivity contribution < 1.29 is 23.5 Å². The van der Waals surface area contributed by atoms with Gasteiger partial charge in [0.2, 0.25) is 5.91 Å². The summed E-state index contributed by atoms with van der Waals surface area (Å²) in [4.78, 5) is 23.4. The molecule has 1 atom stereocenters. The summed E-state index contributed by atoms with van der Waals surface area (Å²) in [5.41, 5.74) is -0.453. The fourth-order valence-corrected chi connectivity index (χ4v) is 2.87. The zero-order valence-electron chi connectivity index (χ0n) is 11.4. The highest BCUT2D eigenvalue weighted by atomic mass is 19.1. The maximum atomic E-state index is 13.4. The molecule has 1 aliphatic rings. The third kappa shape index (κ3) is 3.04. The molecule has 1 fully saturated rings. The van der Waals surface area contributed by atoms with E-state index in [0.717, 1.165) is 12.8 Å². The second-order valence-corrected chi connectivity index (χ2v) is 5.32. The molecule has 0 saturated heterocycles. The van der Waals surface area contributed by atoms with Crippen LogP contribution >= 0.6 is 0 Å². The number of hydrogen-bond donors (Lipinski definition) is 2. The van der Waals surface area contributed by atoms with E-state index in [4.69, 9.17) is 5.11 Å². The van der Waals surface area contributed by atoms with Crippen molar-refractivity contribution in [2.45, 2.75) is 37.1 Å². The Labute approximate surface area is 121 Å². The van der Waals surface area contributed by atoms with E-state index in [-0.39, 0.29) is 0 Å². The van der Waals surface area contributed by atoms with E-state index >= 15 is 0 Å². The summed E-state index contributed by atoms with van der Waals surface area (Å²) < 4.78 is 26.1. The minimum atomic E-state index is -1.57. The third-order valence-corrected chi connectivity index (χ3v) is 4.03. The maximum absolute atomic E-state index is 13.4. The molecule has 1 saturated carbocycles. The van der Waals surface area contributed by atoms with Gasteiger partial charge in [-0.15, -0.1) is 0 Å². The predicted molar refractivity (Wildman–Crippen MR) is 72.1 cm³/mol. The highest BCUT2D eigenvalue weighted by molar-refractivity contribution is 5.91. The second kappa shape index (κ2) is 6.20. The number of aliphatic carboxylic acids is 1. The van der Waals surface area contributed by atoms with Gasteiger partial charge in [-0.05, 0) is 30.5 Å². The molecule has 4 nitrogen and oxygen atoms in total. The molecule has 0 spiro atoms. The van der Waals surface area contributed by atoms with Crippen LogP contribution in [0.4, 0.5) is 8.78 Å². The van der Waals surface area contributed by atoms with Crippen molar-refractivity contribution in [2.75, 3.05) is 6.67 Å². The van der Waals surface area contributed by atoms with Gasteiger partial charge in [-0.2, -0.15) is 0 Å². The lowest BCUT2D eigenvalue weighted by atomic mass is 9.77. The summed E-state index contributed by atoms with van der Waals surface area (Å²) in [7, 11) is 0. The molecule has 0 heterocycles. The van der Waals surface area contributed by atoms with Crippen LogP contribution in [0.25, 0.3) is 0 Å². The summed E-state index contributed by atoms with van der Waals surface area (Å²) in [5.74, 6) is -2.42. The average Bonchev–Trinajstić information content (AvgIpc) is 2.95. The molecule has 6 heteroatoms. The minimum absolute atomic E-state index is 0.452. The number of hydrogen-bond acceptors (Lipinski definition) is 2. The van der Waals surface area contributed by atoms with Gasteiger partial charge in [0, 0.05) is 0 Å². The van der Waals surface area contributed by atoms with Crippen LogP contribution < -0.4 is 5.32 Å². The molecule has 1 amide bonds. The Morgan fingerprint density at radius 2 is 2.00 bits per heavy atom. The standard InChI is InChI=1S/C15H17F2NO3/c16-9-12(13(19)20)18-14(21)15(6-1-2-7-15)10-4-3-5-11(17)8-10/h3-5,8,12H,1-2,6-7,9H2,(H,18,21)(H,19,20). The maximum Gasteiger partial charge on any atom is 0.328 e. The van der Waals surface area contributed by atoms with E-state index in [1.807, 2.05) is 0 Å². The Balaban J connectivity index is 2.30. The normalized spacial score (nSPS) is 18.2. The quantitative estimate of drug-likeness (QED) is 0.875. The van der Waals surface area contributed by atoms with Crippen molar-refractivity contribution >= 4 is 11.9 Å². The lowest BCUT2D eigenvalue weighted by molar-refractivity contribution is -0.143. The SMILES string of the molecule is O=C(O)C(CF)NC(=O)C1(c2cccc(F)c2)CCCC1. The second-order valence-electron chi connectivity index (χ2n) is 5.32. The first-order chi connectivity index (χ1) is 9.99. The van der Waals surface area contributed by atoms with Crippen LogP contribution in [-0.4, -0.2) is 29.7 Å². The number of nitrogens with one attached hydrogen (secondary N) is 1. The van der Waals surface area contributed by atoms with Gasteiger partial charge < -0.3 is 10.4 Å². The van der Waals surface area contributed by atoms with Crippen LogP contribution in [0.2, 0.25) is 0 Å². The van der Waals surface area contributed by atoms with Crippen LogP contribution in [0.1, 0.15) is 31.2 Å². The Bertz CT molecular complexity index is 541. The first kappa shape index (κ1) is 15.4. The molecule has 0 aromatic heterocycles. The molecule has 2 N–H and O–H groups in total. The van der Waals surface area contributed by atoms with Gasteiger partial charge >= 0.3 is 5.97 Å². The van der Waals surface area contributed by atoms with Crippen molar-refractivity contribution in [2.24, 2.45) is 0 Å².